The zero-order valence-electron chi connectivity index (χ0n) is 16.7. The summed E-state index contributed by atoms with van der Waals surface area (Å²) >= 11 is 1.75. The van der Waals surface area contributed by atoms with E-state index < -0.39 is 0 Å². The molecule has 0 spiro atoms. The number of benzene rings is 1. The van der Waals surface area contributed by atoms with Crippen molar-refractivity contribution < 1.29 is 9.21 Å². The molecule has 1 saturated heterocycles. The topological polar surface area (TPSA) is 52.8 Å². The second-order valence-electron chi connectivity index (χ2n) is 7.46. The van der Waals surface area contributed by atoms with Gasteiger partial charge in [0.15, 0.2) is 5.69 Å². The first-order valence-corrected chi connectivity index (χ1v) is 10.8. The van der Waals surface area contributed by atoms with E-state index in [1.807, 2.05) is 30.3 Å². The number of hydrogen-bond acceptors (Lipinski definition) is 6. The number of thiophene rings is 1. The first-order valence-electron chi connectivity index (χ1n) is 9.87. The molecule has 0 bridgehead atoms. The molecule has 3 aromatic rings. The Morgan fingerprint density at radius 2 is 1.79 bits per heavy atom. The van der Waals surface area contributed by atoms with Gasteiger partial charge in [-0.05, 0) is 28.0 Å². The summed E-state index contributed by atoms with van der Waals surface area (Å²) in [5.74, 6) is 0.484. The number of rotatable bonds is 7. The zero-order valence-corrected chi connectivity index (χ0v) is 17.5. The molecule has 0 N–H and O–H groups in total. The Hall–Kier alpha value is -2.48. The standard InChI is InChI=1S/C22H26N4O2S/c1-24(13-18-5-3-2-4-6-18)22(27)20-16-28-21(23-20)15-26-10-8-25(9-11-26)14-19-7-12-29-17-19/h2-7,12,16-17H,8-11,13-15H2,1H3. The van der Waals surface area contributed by atoms with Gasteiger partial charge in [-0.25, -0.2) is 4.98 Å². The van der Waals surface area contributed by atoms with Gasteiger partial charge < -0.3 is 9.32 Å². The highest BCUT2D eigenvalue weighted by Crippen LogP contribution is 2.14. The summed E-state index contributed by atoms with van der Waals surface area (Å²) in [6.45, 7) is 6.22. The average Bonchev–Trinajstić information content (AvgIpc) is 3.42. The van der Waals surface area contributed by atoms with Crippen molar-refractivity contribution in [1.82, 2.24) is 19.7 Å². The highest BCUT2D eigenvalue weighted by Gasteiger charge is 2.21. The van der Waals surface area contributed by atoms with Crippen LogP contribution in [0.15, 0.2) is 57.8 Å². The Morgan fingerprint density at radius 1 is 1.07 bits per heavy atom. The predicted octanol–water partition coefficient (Wildman–Crippen LogP) is 3.33. The lowest BCUT2D eigenvalue weighted by Crippen LogP contribution is -2.45. The Labute approximate surface area is 175 Å². The summed E-state index contributed by atoms with van der Waals surface area (Å²) in [5, 5.41) is 4.34. The van der Waals surface area contributed by atoms with E-state index in [1.165, 1.54) is 11.8 Å². The summed E-state index contributed by atoms with van der Waals surface area (Å²) in [5.41, 5.74) is 2.85. The number of piperazine rings is 1. The minimum Gasteiger partial charge on any atom is -0.447 e. The highest BCUT2D eigenvalue weighted by molar-refractivity contribution is 7.07. The van der Waals surface area contributed by atoms with E-state index in [9.17, 15) is 4.79 Å². The molecule has 1 amide bonds. The van der Waals surface area contributed by atoms with E-state index in [-0.39, 0.29) is 5.91 Å². The molecule has 0 aliphatic carbocycles. The molecule has 2 aromatic heterocycles. The van der Waals surface area contributed by atoms with Crippen LogP contribution in [0.5, 0.6) is 0 Å². The largest absolute Gasteiger partial charge is 0.447 e. The molecule has 0 radical (unpaired) electrons. The number of carbonyl (C=O) groups excluding carboxylic acids is 1. The number of amides is 1. The lowest BCUT2D eigenvalue weighted by Gasteiger charge is -2.33. The smallest absolute Gasteiger partial charge is 0.275 e. The van der Waals surface area contributed by atoms with E-state index in [2.05, 4.69) is 31.6 Å². The lowest BCUT2D eigenvalue weighted by molar-refractivity contribution is 0.0779. The number of aromatic nitrogens is 1. The maximum absolute atomic E-state index is 12.6. The minimum absolute atomic E-state index is 0.121. The fourth-order valence-electron chi connectivity index (χ4n) is 3.54. The van der Waals surface area contributed by atoms with Gasteiger partial charge in [0.25, 0.3) is 5.91 Å². The van der Waals surface area contributed by atoms with Gasteiger partial charge in [0.05, 0.1) is 6.54 Å². The van der Waals surface area contributed by atoms with Crippen molar-refractivity contribution in [3.05, 3.63) is 76.1 Å². The highest BCUT2D eigenvalue weighted by atomic mass is 32.1. The van der Waals surface area contributed by atoms with Crippen LogP contribution in [0.3, 0.4) is 0 Å². The molecule has 0 atom stereocenters. The monoisotopic (exact) mass is 410 g/mol. The fourth-order valence-corrected chi connectivity index (χ4v) is 4.20. The van der Waals surface area contributed by atoms with Crippen LogP contribution in [0.1, 0.15) is 27.5 Å². The maximum Gasteiger partial charge on any atom is 0.275 e. The van der Waals surface area contributed by atoms with Crippen LogP contribution in [0.4, 0.5) is 0 Å². The predicted molar refractivity (Wildman–Crippen MR) is 114 cm³/mol. The number of carbonyl (C=O) groups is 1. The van der Waals surface area contributed by atoms with Crippen LogP contribution in [0.2, 0.25) is 0 Å². The Kier molecular flexibility index (Phi) is 6.39. The second-order valence-corrected chi connectivity index (χ2v) is 8.24. The molecule has 0 saturated carbocycles. The molecule has 152 valence electrons. The molecule has 1 aromatic carbocycles. The van der Waals surface area contributed by atoms with Crippen molar-refractivity contribution in [3.63, 3.8) is 0 Å². The third-order valence-corrected chi connectivity index (χ3v) is 5.92. The molecule has 1 aliphatic rings. The Balaban J connectivity index is 1.26. The van der Waals surface area contributed by atoms with Crippen LogP contribution in [0, 0.1) is 0 Å². The normalized spacial score (nSPS) is 15.5. The van der Waals surface area contributed by atoms with Crippen molar-refractivity contribution in [2.45, 2.75) is 19.6 Å². The van der Waals surface area contributed by atoms with E-state index in [1.54, 1.807) is 23.3 Å². The molecule has 0 unspecified atom stereocenters. The molecular formula is C22H26N4O2S. The van der Waals surface area contributed by atoms with E-state index >= 15 is 0 Å². The van der Waals surface area contributed by atoms with E-state index in [0.29, 0.717) is 24.7 Å². The van der Waals surface area contributed by atoms with Gasteiger partial charge in [-0.2, -0.15) is 11.3 Å². The second kappa shape index (κ2) is 9.35. The summed E-state index contributed by atoms with van der Waals surface area (Å²) in [7, 11) is 1.79. The van der Waals surface area contributed by atoms with Crippen molar-refractivity contribution in [1.29, 1.82) is 0 Å². The number of nitrogens with zero attached hydrogens (tertiary/aromatic N) is 4. The van der Waals surface area contributed by atoms with Crippen molar-refractivity contribution in [3.8, 4) is 0 Å². The molecule has 1 fully saturated rings. The molecular weight excluding hydrogens is 384 g/mol. The molecule has 4 rings (SSSR count). The first-order chi connectivity index (χ1) is 14.2. The first kappa shape index (κ1) is 19.8. The van der Waals surface area contributed by atoms with Crippen LogP contribution in [-0.2, 0) is 19.6 Å². The fraction of sp³-hybridized carbons (Fsp3) is 0.364. The number of hydrogen-bond donors (Lipinski definition) is 0. The third kappa shape index (κ3) is 5.32. The van der Waals surface area contributed by atoms with Gasteiger partial charge in [-0.15, -0.1) is 0 Å². The van der Waals surface area contributed by atoms with Crippen LogP contribution in [0.25, 0.3) is 0 Å². The molecule has 29 heavy (non-hydrogen) atoms. The van der Waals surface area contributed by atoms with Crippen molar-refractivity contribution in [2.75, 3.05) is 33.2 Å². The summed E-state index contributed by atoms with van der Waals surface area (Å²) < 4.78 is 5.59. The SMILES string of the molecule is CN(Cc1ccccc1)C(=O)c1coc(CN2CCN(Cc3ccsc3)CC2)n1. The van der Waals surface area contributed by atoms with Crippen LogP contribution < -0.4 is 0 Å². The molecule has 3 heterocycles. The molecule has 1 aliphatic heterocycles. The van der Waals surface area contributed by atoms with E-state index in [4.69, 9.17) is 4.42 Å². The Morgan fingerprint density at radius 3 is 2.48 bits per heavy atom. The van der Waals surface area contributed by atoms with Gasteiger partial charge in [0.1, 0.15) is 6.26 Å². The van der Waals surface area contributed by atoms with E-state index in [0.717, 1.165) is 38.3 Å². The van der Waals surface area contributed by atoms with Gasteiger partial charge in [-0.3, -0.25) is 14.6 Å². The average molecular weight is 411 g/mol. The molecule has 6 nitrogen and oxygen atoms in total. The maximum atomic E-state index is 12.6. The van der Waals surface area contributed by atoms with Crippen LogP contribution >= 0.6 is 11.3 Å². The summed E-state index contributed by atoms with van der Waals surface area (Å²) in [6, 6.07) is 12.1. The van der Waals surface area contributed by atoms with Gasteiger partial charge >= 0.3 is 0 Å². The van der Waals surface area contributed by atoms with Gasteiger partial charge in [-0.1, -0.05) is 30.3 Å². The quantitative estimate of drug-likeness (QED) is 0.598. The van der Waals surface area contributed by atoms with Gasteiger partial charge in [0, 0.05) is 46.3 Å². The van der Waals surface area contributed by atoms with Crippen molar-refractivity contribution in [2.24, 2.45) is 0 Å². The third-order valence-electron chi connectivity index (χ3n) is 5.19. The zero-order chi connectivity index (χ0) is 20.1. The summed E-state index contributed by atoms with van der Waals surface area (Å²) in [4.78, 5) is 23.5. The minimum atomic E-state index is -0.121. The van der Waals surface area contributed by atoms with Crippen molar-refractivity contribution >= 4 is 17.2 Å². The lowest BCUT2D eigenvalue weighted by atomic mass is 10.2. The van der Waals surface area contributed by atoms with Gasteiger partial charge in [0.2, 0.25) is 5.89 Å². The van der Waals surface area contributed by atoms with Crippen LogP contribution in [-0.4, -0.2) is 58.8 Å². The molecule has 7 heteroatoms. The number of oxazole rings is 1. The Bertz CT molecular complexity index is 902. The summed E-state index contributed by atoms with van der Waals surface area (Å²) in [6.07, 6.45) is 1.48.